The van der Waals surface area contributed by atoms with Gasteiger partial charge in [0.1, 0.15) is 5.60 Å². The number of benzene rings is 1. The van der Waals surface area contributed by atoms with Gasteiger partial charge in [-0.15, -0.1) is 0 Å². The molecule has 0 N–H and O–H groups in total. The lowest BCUT2D eigenvalue weighted by molar-refractivity contribution is -0.155. The second kappa shape index (κ2) is 8.71. The molecule has 0 saturated heterocycles. The SMILES string of the molecule is C=Cc1ccc(C(C)(C)CC(C)(C)OC(C)=O)cc1C=C.CC. The minimum atomic E-state index is -0.499. The zero-order valence-corrected chi connectivity index (χ0v) is 15.8. The van der Waals surface area contributed by atoms with Crippen LogP contribution in [0.4, 0.5) is 0 Å². The van der Waals surface area contributed by atoms with Crippen LogP contribution in [0.25, 0.3) is 12.2 Å². The van der Waals surface area contributed by atoms with Crippen LogP contribution in [-0.2, 0) is 14.9 Å². The summed E-state index contributed by atoms with van der Waals surface area (Å²) in [5.74, 6) is -0.246. The fraction of sp³-hybridized carbons (Fsp3) is 0.476. The van der Waals surface area contributed by atoms with Crippen molar-refractivity contribution < 1.29 is 9.53 Å². The van der Waals surface area contributed by atoms with E-state index in [1.807, 2.05) is 39.8 Å². The maximum atomic E-state index is 11.2. The van der Waals surface area contributed by atoms with Crippen LogP contribution in [0, 0.1) is 0 Å². The molecule has 0 bridgehead atoms. The summed E-state index contributed by atoms with van der Waals surface area (Å²) in [6.45, 7) is 21.3. The summed E-state index contributed by atoms with van der Waals surface area (Å²) in [5, 5.41) is 0. The van der Waals surface area contributed by atoms with Crippen molar-refractivity contribution in [2.45, 2.75) is 65.9 Å². The van der Waals surface area contributed by atoms with Crippen LogP contribution in [0.15, 0.2) is 31.4 Å². The molecule has 0 amide bonds. The number of hydrogen-bond donors (Lipinski definition) is 0. The molecule has 0 unspecified atom stereocenters. The fourth-order valence-electron chi connectivity index (χ4n) is 2.95. The summed E-state index contributed by atoms with van der Waals surface area (Å²) >= 11 is 0. The topological polar surface area (TPSA) is 26.3 Å². The van der Waals surface area contributed by atoms with Crippen LogP contribution >= 0.6 is 0 Å². The van der Waals surface area contributed by atoms with Crippen molar-refractivity contribution in [2.24, 2.45) is 0 Å². The van der Waals surface area contributed by atoms with E-state index in [2.05, 4.69) is 45.2 Å². The van der Waals surface area contributed by atoms with Crippen molar-refractivity contribution in [3.05, 3.63) is 48.0 Å². The largest absolute Gasteiger partial charge is 0.460 e. The van der Waals surface area contributed by atoms with E-state index >= 15 is 0 Å². The number of esters is 1. The van der Waals surface area contributed by atoms with Crippen LogP contribution in [-0.4, -0.2) is 11.6 Å². The van der Waals surface area contributed by atoms with Gasteiger partial charge in [0.15, 0.2) is 0 Å². The van der Waals surface area contributed by atoms with Gasteiger partial charge in [0.2, 0.25) is 0 Å². The van der Waals surface area contributed by atoms with Crippen molar-refractivity contribution >= 4 is 18.1 Å². The molecule has 0 spiro atoms. The van der Waals surface area contributed by atoms with E-state index < -0.39 is 5.60 Å². The number of rotatable bonds is 6. The van der Waals surface area contributed by atoms with Gasteiger partial charge in [-0.3, -0.25) is 4.79 Å². The number of ether oxygens (including phenoxy) is 1. The summed E-state index contributed by atoms with van der Waals surface area (Å²) in [6, 6.07) is 6.29. The van der Waals surface area contributed by atoms with E-state index in [4.69, 9.17) is 4.74 Å². The number of carbonyl (C=O) groups is 1. The second-order valence-electron chi connectivity index (χ2n) is 6.67. The van der Waals surface area contributed by atoms with Crippen LogP contribution in [0.3, 0.4) is 0 Å². The molecular weight excluding hydrogens is 284 g/mol. The average molecular weight is 316 g/mol. The van der Waals surface area contributed by atoms with Gasteiger partial charge in [0.25, 0.3) is 0 Å². The maximum Gasteiger partial charge on any atom is 0.303 e. The van der Waals surface area contributed by atoms with Gasteiger partial charge in [0.05, 0.1) is 0 Å². The Balaban J connectivity index is 0.00000232. The van der Waals surface area contributed by atoms with Gasteiger partial charge < -0.3 is 4.74 Å². The van der Waals surface area contributed by atoms with Gasteiger partial charge in [-0.2, -0.15) is 0 Å². The average Bonchev–Trinajstić information content (AvgIpc) is 2.45. The summed E-state index contributed by atoms with van der Waals surface area (Å²) in [4.78, 5) is 11.2. The molecule has 23 heavy (non-hydrogen) atoms. The van der Waals surface area contributed by atoms with Crippen molar-refractivity contribution in [3.63, 3.8) is 0 Å². The predicted molar refractivity (Wildman–Crippen MR) is 101 cm³/mol. The first kappa shape index (κ1) is 21.2. The Bertz CT molecular complexity index is 551. The van der Waals surface area contributed by atoms with Gasteiger partial charge in [-0.1, -0.05) is 71.2 Å². The highest BCUT2D eigenvalue weighted by Crippen LogP contribution is 2.35. The van der Waals surface area contributed by atoms with Crippen molar-refractivity contribution in [1.29, 1.82) is 0 Å². The molecular formula is C21H32O2. The Morgan fingerprint density at radius 2 is 1.61 bits per heavy atom. The first-order valence-corrected chi connectivity index (χ1v) is 8.20. The van der Waals surface area contributed by atoms with Gasteiger partial charge in [0, 0.05) is 6.92 Å². The standard InChI is InChI=1S/C19H26O2.C2H6/c1-8-15-10-11-17(12-16(15)9-2)18(4,5)13-19(6,7)21-14(3)20;1-2/h8-12H,1-2,13H2,3-7H3;1-2H3. The molecule has 0 aliphatic carbocycles. The molecule has 0 fully saturated rings. The van der Waals surface area contributed by atoms with Gasteiger partial charge in [-0.05, 0) is 42.4 Å². The smallest absolute Gasteiger partial charge is 0.303 e. The van der Waals surface area contributed by atoms with Gasteiger partial charge >= 0.3 is 5.97 Å². The van der Waals surface area contributed by atoms with Crippen LogP contribution in [0.2, 0.25) is 0 Å². The molecule has 0 aliphatic rings. The molecule has 0 aliphatic heterocycles. The fourth-order valence-corrected chi connectivity index (χ4v) is 2.95. The third kappa shape index (κ3) is 6.43. The second-order valence-corrected chi connectivity index (χ2v) is 6.67. The molecule has 0 aromatic heterocycles. The minimum Gasteiger partial charge on any atom is -0.460 e. The Morgan fingerprint density at radius 3 is 2.04 bits per heavy atom. The summed E-state index contributed by atoms with van der Waals surface area (Å²) < 4.78 is 5.42. The van der Waals surface area contributed by atoms with Crippen LogP contribution in [0.1, 0.15) is 71.6 Å². The van der Waals surface area contributed by atoms with E-state index in [1.165, 1.54) is 12.5 Å². The first-order valence-electron chi connectivity index (χ1n) is 8.20. The van der Waals surface area contributed by atoms with Crippen molar-refractivity contribution in [1.82, 2.24) is 0 Å². The molecule has 2 nitrogen and oxygen atoms in total. The molecule has 1 aromatic rings. The minimum absolute atomic E-state index is 0.115. The summed E-state index contributed by atoms with van der Waals surface area (Å²) in [7, 11) is 0. The molecule has 0 atom stereocenters. The Hall–Kier alpha value is -1.83. The molecule has 1 rings (SSSR count). The molecule has 0 radical (unpaired) electrons. The summed E-state index contributed by atoms with van der Waals surface area (Å²) in [6.07, 6.45) is 4.41. The predicted octanol–water partition coefficient (Wildman–Crippen LogP) is 6.01. The maximum absolute atomic E-state index is 11.2. The van der Waals surface area contributed by atoms with E-state index in [-0.39, 0.29) is 11.4 Å². The zero-order valence-electron chi connectivity index (χ0n) is 15.8. The Labute approximate surface area is 142 Å². The van der Waals surface area contributed by atoms with E-state index in [9.17, 15) is 4.79 Å². The lowest BCUT2D eigenvalue weighted by Gasteiger charge is -2.35. The number of carbonyl (C=O) groups excluding carboxylic acids is 1. The normalized spacial score (nSPS) is 11.1. The molecule has 128 valence electrons. The lowest BCUT2D eigenvalue weighted by atomic mass is 9.75. The van der Waals surface area contributed by atoms with Gasteiger partial charge in [-0.25, -0.2) is 0 Å². The zero-order chi connectivity index (χ0) is 18.3. The Morgan fingerprint density at radius 1 is 1.09 bits per heavy atom. The molecule has 0 heterocycles. The monoisotopic (exact) mass is 316 g/mol. The highest BCUT2D eigenvalue weighted by Gasteiger charge is 2.32. The van der Waals surface area contributed by atoms with E-state index in [0.717, 1.165) is 17.5 Å². The highest BCUT2D eigenvalue weighted by atomic mass is 16.6. The lowest BCUT2D eigenvalue weighted by Crippen LogP contribution is -2.35. The van der Waals surface area contributed by atoms with Crippen molar-refractivity contribution in [3.8, 4) is 0 Å². The van der Waals surface area contributed by atoms with Crippen molar-refractivity contribution in [2.75, 3.05) is 0 Å². The van der Waals surface area contributed by atoms with Crippen LogP contribution < -0.4 is 0 Å². The number of hydrogen-bond acceptors (Lipinski definition) is 2. The Kier molecular flexibility index (Phi) is 8.02. The third-order valence-corrected chi connectivity index (χ3v) is 3.60. The van der Waals surface area contributed by atoms with E-state index in [0.29, 0.717) is 0 Å². The quantitative estimate of drug-likeness (QED) is 0.601. The third-order valence-electron chi connectivity index (χ3n) is 3.60. The van der Waals surface area contributed by atoms with E-state index in [1.54, 1.807) is 0 Å². The highest BCUT2D eigenvalue weighted by molar-refractivity contribution is 5.66. The van der Waals surface area contributed by atoms with Crippen LogP contribution in [0.5, 0.6) is 0 Å². The summed E-state index contributed by atoms with van der Waals surface area (Å²) in [5.41, 5.74) is 2.73. The molecule has 2 heteroatoms. The molecule has 0 saturated carbocycles. The first-order chi connectivity index (χ1) is 10.6. The molecule has 1 aromatic carbocycles.